The molecule has 0 saturated carbocycles. The van der Waals surface area contributed by atoms with E-state index in [-0.39, 0.29) is 32.0 Å². The van der Waals surface area contributed by atoms with Crippen molar-refractivity contribution in [3.8, 4) is 0 Å². The number of esters is 2. The molecule has 10 heteroatoms. The fourth-order valence-corrected chi connectivity index (χ4v) is 10.8. The number of nitrogens with zero attached hydrogens (tertiary/aromatic N) is 1. The second-order valence-corrected chi connectivity index (χ2v) is 27.3. The van der Waals surface area contributed by atoms with Crippen LogP contribution in [0, 0.1) is 0 Å². The summed E-state index contributed by atoms with van der Waals surface area (Å²) in [6, 6.07) is 0. The first-order valence-electron chi connectivity index (χ1n) is 37.8. The van der Waals surface area contributed by atoms with Crippen molar-refractivity contribution in [2.75, 3.05) is 47.5 Å². The lowest BCUT2D eigenvalue weighted by Gasteiger charge is -2.28. The Morgan fingerprint density at radius 3 is 0.851 bits per heavy atom. The molecule has 0 aliphatic carbocycles. The number of phosphoric acid groups is 1. The van der Waals surface area contributed by atoms with Gasteiger partial charge < -0.3 is 27.9 Å². The maximum atomic E-state index is 12.9. The van der Waals surface area contributed by atoms with Crippen molar-refractivity contribution in [1.29, 1.82) is 0 Å². The summed E-state index contributed by atoms with van der Waals surface area (Å²) in [7, 11) is 1.14. The molecule has 0 amide bonds. The van der Waals surface area contributed by atoms with E-state index >= 15 is 0 Å². The van der Waals surface area contributed by atoms with Crippen LogP contribution in [-0.2, 0) is 32.7 Å². The van der Waals surface area contributed by atoms with Gasteiger partial charge in [0.2, 0.25) is 0 Å². The van der Waals surface area contributed by atoms with E-state index in [1.54, 1.807) is 0 Å². The minimum absolute atomic E-state index is 0.0421. The van der Waals surface area contributed by atoms with Gasteiger partial charge in [0.15, 0.2) is 6.10 Å². The van der Waals surface area contributed by atoms with Crippen molar-refractivity contribution < 1.29 is 42.1 Å². The third kappa shape index (κ3) is 76.4. The zero-order valence-electron chi connectivity index (χ0n) is 60.8. The van der Waals surface area contributed by atoms with Crippen LogP contribution in [-0.4, -0.2) is 70.0 Å². The highest BCUT2D eigenvalue weighted by Crippen LogP contribution is 2.38. The lowest BCUT2D eigenvalue weighted by molar-refractivity contribution is -0.870. The van der Waals surface area contributed by atoms with E-state index in [1.165, 1.54) is 122 Å². The fraction of sp³-hybridized carbons (Fsp3) is 0.643. The number of carbonyl (C=O) groups excluding carboxylic acids is 2. The Morgan fingerprint density at radius 1 is 0.330 bits per heavy atom. The van der Waals surface area contributed by atoms with E-state index in [9.17, 15) is 19.0 Å². The van der Waals surface area contributed by atoms with Crippen molar-refractivity contribution in [2.45, 2.75) is 302 Å². The number of hydrogen-bond acceptors (Lipinski definition) is 8. The standard InChI is InChI=1S/C84H140NO8P/c1-6-8-10-12-14-16-18-20-22-24-26-28-30-32-34-36-38-40-41-42-43-45-46-48-50-52-54-56-58-60-62-64-66-68-70-72-74-76-83(86)90-80-82(81-92-94(88,89)91-79-78-85(3,4)5)93-84(87)77-75-73-71-69-67-65-63-61-59-57-55-53-51-49-47-44-39-37-35-33-31-29-27-25-23-21-19-17-15-13-11-9-7-2/h8-11,14-17,20-23,26-29,32-35,39,44,49,51,55,57,61,63,82H,6-7,12-13,18-19,24-25,30-31,36-38,40-43,45-48,50,52-54,56,58-60,62,64-81H2,1-5H3/b10-8-,11-9-,16-14-,17-15-,22-20-,23-21-,28-26-,29-27-,34-32-,35-33-,44-39-,51-49-,57-55-,63-61-. The topological polar surface area (TPSA) is 111 Å². The van der Waals surface area contributed by atoms with E-state index < -0.39 is 26.5 Å². The number of rotatable bonds is 68. The van der Waals surface area contributed by atoms with E-state index in [0.717, 1.165) is 141 Å². The Kier molecular flexibility index (Phi) is 69.1. The van der Waals surface area contributed by atoms with Crippen LogP contribution in [0.5, 0.6) is 0 Å². The molecule has 0 heterocycles. The predicted molar refractivity (Wildman–Crippen MR) is 406 cm³/mol. The number of phosphoric ester groups is 1. The van der Waals surface area contributed by atoms with Crippen molar-refractivity contribution in [3.63, 3.8) is 0 Å². The Hall–Kier alpha value is -4.63. The molecule has 2 unspecified atom stereocenters. The van der Waals surface area contributed by atoms with Crippen LogP contribution in [0.1, 0.15) is 296 Å². The van der Waals surface area contributed by atoms with Crippen molar-refractivity contribution >= 4 is 19.8 Å². The number of quaternary nitrogens is 1. The van der Waals surface area contributed by atoms with Gasteiger partial charge in [0, 0.05) is 12.8 Å². The van der Waals surface area contributed by atoms with Gasteiger partial charge in [-0.25, -0.2) is 0 Å². The normalized spacial score (nSPS) is 14.1. The highest BCUT2D eigenvalue weighted by Gasteiger charge is 2.22. The number of ether oxygens (including phenoxy) is 2. The monoisotopic (exact) mass is 1320 g/mol. The lowest BCUT2D eigenvalue weighted by Crippen LogP contribution is -2.37. The lowest BCUT2D eigenvalue weighted by atomic mass is 10.0. The van der Waals surface area contributed by atoms with Crippen molar-refractivity contribution in [3.05, 3.63) is 170 Å². The van der Waals surface area contributed by atoms with Crippen LogP contribution in [0.4, 0.5) is 0 Å². The Morgan fingerprint density at radius 2 is 0.574 bits per heavy atom. The van der Waals surface area contributed by atoms with E-state index in [1.807, 2.05) is 21.1 Å². The van der Waals surface area contributed by atoms with Crippen LogP contribution < -0.4 is 4.89 Å². The molecule has 0 rings (SSSR count). The summed E-state index contributed by atoms with van der Waals surface area (Å²) in [4.78, 5) is 38.1. The van der Waals surface area contributed by atoms with Gasteiger partial charge in [-0.3, -0.25) is 14.2 Å². The van der Waals surface area contributed by atoms with Gasteiger partial charge in [0.05, 0.1) is 27.7 Å². The van der Waals surface area contributed by atoms with E-state index in [4.69, 9.17) is 18.5 Å². The average Bonchev–Trinajstić information content (AvgIpc) is 1.56. The first kappa shape index (κ1) is 89.4. The third-order valence-electron chi connectivity index (χ3n) is 15.7. The van der Waals surface area contributed by atoms with Crippen LogP contribution in [0.2, 0.25) is 0 Å². The molecular weight excluding hydrogens is 1180 g/mol. The first-order chi connectivity index (χ1) is 46.0. The molecule has 0 aliphatic heterocycles. The summed E-state index contributed by atoms with van der Waals surface area (Å²) in [5, 5.41) is 0. The van der Waals surface area contributed by atoms with Crippen molar-refractivity contribution in [2.24, 2.45) is 0 Å². The molecule has 0 aliphatic rings. The Bertz CT molecular complexity index is 2200. The van der Waals surface area contributed by atoms with Gasteiger partial charge >= 0.3 is 11.9 Å². The quantitative estimate of drug-likeness (QED) is 0.0195. The van der Waals surface area contributed by atoms with Crippen LogP contribution in [0.3, 0.4) is 0 Å². The molecule has 0 spiro atoms. The molecule has 0 fully saturated rings. The minimum atomic E-state index is -4.66. The molecule has 0 bridgehead atoms. The second kappa shape index (κ2) is 72.6. The molecule has 0 aromatic heterocycles. The maximum absolute atomic E-state index is 12.9. The highest BCUT2D eigenvalue weighted by molar-refractivity contribution is 7.45. The molecule has 0 saturated heterocycles. The maximum Gasteiger partial charge on any atom is 0.306 e. The summed E-state index contributed by atoms with van der Waals surface area (Å²) in [5.41, 5.74) is 0. The van der Waals surface area contributed by atoms with E-state index in [0.29, 0.717) is 17.4 Å². The smallest absolute Gasteiger partial charge is 0.306 e. The fourth-order valence-electron chi connectivity index (χ4n) is 10.0. The molecule has 0 N–H and O–H groups in total. The second-order valence-electron chi connectivity index (χ2n) is 25.9. The molecule has 9 nitrogen and oxygen atoms in total. The molecule has 94 heavy (non-hydrogen) atoms. The zero-order valence-corrected chi connectivity index (χ0v) is 61.7. The van der Waals surface area contributed by atoms with Crippen molar-refractivity contribution in [1.82, 2.24) is 0 Å². The summed E-state index contributed by atoms with van der Waals surface area (Å²) in [6.07, 6.45) is 110. The molecule has 0 aromatic carbocycles. The van der Waals surface area contributed by atoms with E-state index in [2.05, 4.69) is 184 Å². The average molecular weight is 1320 g/mol. The number of carbonyl (C=O) groups is 2. The zero-order chi connectivity index (χ0) is 68.3. The van der Waals surface area contributed by atoms with Crippen LogP contribution >= 0.6 is 7.82 Å². The van der Waals surface area contributed by atoms with Gasteiger partial charge in [-0.1, -0.05) is 325 Å². The molecule has 0 aromatic rings. The van der Waals surface area contributed by atoms with Gasteiger partial charge in [-0.2, -0.15) is 0 Å². The first-order valence-corrected chi connectivity index (χ1v) is 39.3. The highest BCUT2D eigenvalue weighted by atomic mass is 31.2. The summed E-state index contributed by atoms with van der Waals surface area (Å²) >= 11 is 0. The van der Waals surface area contributed by atoms with Gasteiger partial charge in [-0.05, 0) is 128 Å². The Labute approximate surface area is 578 Å². The molecule has 534 valence electrons. The molecule has 0 radical (unpaired) electrons. The number of likely N-dealkylation sites (N-methyl/N-ethyl adjacent to an activating group) is 1. The molecule has 2 atom stereocenters. The summed E-state index contributed by atoms with van der Waals surface area (Å²) < 4.78 is 34.3. The van der Waals surface area contributed by atoms with Gasteiger partial charge in [0.1, 0.15) is 19.8 Å². The Balaban J connectivity index is 4.07. The summed E-state index contributed by atoms with van der Waals surface area (Å²) in [5.74, 6) is -0.857. The minimum Gasteiger partial charge on any atom is -0.756 e. The van der Waals surface area contributed by atoms with Gasteiger partial charge in [-0.15, -0.1) is 0 Å². The summed E-state index contributed by atoms with van der Waals surface area (Å²) in [6.45, 7) is 3.99. The van der Waals surface area contributed by atoms with Crippen LogP contribution in [0.25, 0.3) is 0 Å². The SMILES string of the molecule is CC/C=C\C/C=C\C/C=C\C/C=C\C/C=C\C/C=C\C/C=C\C/C=C\C/C=C\CCCCCCCC(=O)OC(COC(=O)CCCCCCCCCCCCCCCCCCCCCCC/C=C\C/C=C\C/C=C\C/C=C\C/C=C\CC)COP(=O)([O-])OCC[N+](C)(C)C. The molecular formula is C84H140NO8P. The van der Waals surface area contributed by atoms with Gasteiger partial charge in [0.25, 0.3) is 7.82 Å². The predicted octanol–water partition coefficient (Wildman–Crippen LogP) is 24.6. The van der Waals surface area contributed by atoms with Crippen LogP contribution in [0.15, 0.2) is 170 Å². The number of unbranched alkanes of at least 4 members (excludes halogenated alkanes) is 26. The number of hydrogen-bond donors (Lipinski definition) is 0. The largest absolute Gasteiger partial charge is 0.756 e. The third-order valence-corrected chi connectivity index (χ3v) is 16.7. The number of allylic oxidation sites excluding steroid dienone is 28.